The first-order valence-corrected chi connectivity index (χ1v) is 7.58. The predicted molar refractivity (Wildman–Crippen MR) is 74.5 cm³/mol. The molecule has 110 valence electrons. The van der Waals surface area contributed by atoms with E-state index in [2.05, 4.69) is 11.4 Å². The van der Waals surface area contributed by atoms with Gasteiger partial charge in [0.05, 0.1) is 6.07 Å². The third-order valence-corrected chi connectivity index (χ3v) is 4.64. The lowest BCUT2D eigenvalue weighted by Crippen LogP contribution is -2.55. The summed E-state index contributed by atoms with van der Waals surface area (Å²) in [7, 11) is 1.60. The summed E-state index contributed by atoms with van der Waals surface area (Å²) < 4.78 is 0. The van der Waals surface area contributed by atoms with Crippen LogP contribution in [0.3, 0.4) is 0 Å². The normalized spacial score (nSPS) is 25.6. The molecule has 0 spiro atoms. The predicted octanol–water partition coefficient (Wildman–Crippen LogP) is 1.59. The zero-order valence-electron chi connectivity index (χ0n) is 12.2. The molecule has 1 saturated heterocycles. The number of piperidine rings is 1. The SMILES string of the molecule is CNC(=O)C1CCCCN1C(=O)C1(C#N)CCCCC1. The van der Waals surface area contributed by atoms with Crippen LogP contribution < -0.4 is 5.32 Å². The van der Waals surface area contributed by atoms with Gasteiger partial charge in [-0.1, -0.05) is 19.3 Å². The van der Waals surface area contributed by atoms with Gasteiger partial charge in [0, 0.05) is 13.6 Å². The summed E-state index contributed by atoms with van der Waals surface area (Å²) in [5.74, 6) is -0.227. The van der Waals surface area contributed by atoms with Gasteiger partial charge >= 0.3 is 0 Å². The molecule has 2 rings (SSSR count). The Bertz CT molecular complexity index is 421. The van der Waals surface area contributed by atoms with Gasteiger partial charge in [0.25, 0.3) is 0 Å². The number of nitrogens with zero attached hydrogens (tertiary/aromatic N) is 2. The van der Waals surface area contributed by atoms with Gasteiger partial charge < -0.3 is 10.2 Å². The topological polar surface area (TPSA) is 73.2 Å². The largest absolute Gasteiger partial charge is 0.357 e. The van der Waals surface area contributed by atoms with Crippen LogP contribution in [0.4, 0.5) is 0 Å². The second-order valence-electron chi connectivity index (χ2n) is 5.88. The van der Waals surface area contributed by atoms with E-state index in [0.29, 0.717) is 25.8 Å². The van der Waals surface area contributed by atoms with Crippen LogP contribution in [-0.4, -0.2) is 36.3 Å². The van der Waals surface area contributed by atoms with Gasteiger partial charge in [0.15, 0.2) is 0 Å². The molecule has 1 atom stereocenters. The van der Waals surface area contributed by atoms with Crippen molar-refractivity contribution < 1.29 is 9.59 Å². The molecule has 0 aromatic heterocycles. The molecule has 1 N–H and O–H groups in total. The van der Waals surface area contributed by atoms with Crippen LogP contribution in [0.15, 0.2) is 0 Å². The molecule has 0 bridgehead atoms. The van der Waals surface area contributed by atoms with Crippen molar-refractivity contribution in [1.82, 2.24) is 10.2 Å². The lowest BCUT2D eigenvalue weighted by molar-refractivity contribution is -0.149. The van der Waals surface area contributed by atoms with Gasteiger partial charge in [-0.3, -0.25) is 9.59 Å². The highest BCUT2D eigenvalue weighted by Gasteiger charge is 2.45. The van der Waals surface area contributed by atoms with Crippen LogP contribution >= 0.6 is 0 Å². The molecule has 0 radical (unpaired) electrons. The average Bonchev–Trinajstić information content (AvgIpc) is 2.54. The molecular weight excluding hydrogens is 254 g/mol. The molecule has 20 heavy (non-hydrogen) atoms. The number of likely N-dealkylation sites (tertiary alicyclic amines) is 1. The molecule has 1 aliphatic carbocycles. The fourth-order valence-corrected chi connectivity index (χ4v) is 3.42. The smallest absolute Gasteiger partial charge is 0.243 e. The molecule has 1 unspecified atom stereocenters. The summed E-state index contributed by atoms with van der Waals surface area (Å²) in [6.45, 7) is 0.598. The van der Waals surface area contributed by atoms with Gasteiger partial charge in [-0.2, -0.15) is 5.26 Å². The maximum atomic E-state index is 12.9. The van der Waals surface area contributed by atoms with Gasteiger partial charge in [0.2, 0.25) is 11.8 Å². The minimum Gasteiger partial charge on any atom is -0.357 e. The summed E-state index contributed by atoms with van der Waals surface area (Å²) in [4.78, 5) is 26.5. The molecule has 0 aromatic carbocycles. The average molecular weight is 277 g/mol. The van der Waals surface area contributed by atoms with Crippen LogP contribution in [0.25, 0.3) is 0 Å². The minimum absolute atomic E-state index is 0.109. The Labute approximate surface area is 120 Å². The number of rotatable bonds is 2. The van der Waals surface area contributed by atoms with Gasteiger partial charge in [-0.15, -0.1) is 0 Å². The van der Waals surface area contributed by atoms with E-state index in [1.807, 2.05) is 0 Å². The fourth-order valence-electron chi connectivity index (χ4n) is 3.42. The summed E-state index contributed by atoms with van der Waals surface area (Å²) in [6, 6.07) is 1.87. The first-order valence-electron chi connectivity index (χ1n) is 7.58. The monoisotopic (exact) mass is 277 g/mol. The fraction of sp³-hybridized carbons (Fsp3) is 0.800. The van der Waals surface area contributed by atoms with Gasteiger partial charge in [0.1, 0.15) is 11.5 Å². The third kappa shape index (κ3) is 2.65. The van der Waals surface area contributed by atoms with E-state index in [1.54, 1.807) is 11.9 Å². The van der Waals surface area contributed by atoms with Crippen molar-refractivity contribution in [3.8, 4) is 6.07 Å². The highest BCUT2D eigenvalue weighted by atomic mass is 16.2. The number of carbonyl (C=O) groups excluding carboxylic acids is 2. The molecule has 2 amide bonds. The number of hydrogen-bond acceptors (Lipinski definition) is 3. The zero-order chi connectivity index (χ0) is 14.6. The standard InChI is InChI=1S/C15H23N3O2/c1-17-13(19)12-7-3-6-10-18(12)14(20)15(11-16)8-4-2-5-9-15/h12H,2-10H2,1H3,(H,17,19). The molecule has 1 saturated carbocycles. The van der Waals surface area contributed by atoms with E-state index in [0.717, 1.165) is 32.1 Å². The van der Waals surface area contributed by atoms with Crippen molar-refractivity contribution in [2.75, 3.05) is 13.6 Å². The van der Waals surface area contributed by atoms with Crippen molar-refractivity contribution >= 4 is 11.8 Å². The highest BCUT2D eigenvalue weighted by Crippen LogP contribution is 2.38. The van der Waals surface area contributed by atoms with E-state index in [-0.39, 0.29) is 11.8 Å². The quantitative estimate of drug-likeness (QED) is 0.833. The summed E-state index contributed by atoms with van der Waals surface area (Å²) in [5.41, 5.74) is -0.887. The second kappa shape index (κ2) is 6.25. The van der Waals surface area contributed by atoms with Crippen LogP contribution in [0.5, 0.6) is 0 Å². The Kier molecular flexibility index (Phi) is 4.64. The maximum Gasteiger partial charge on any atom is 0.243 e. The molecule has 1 heterocycles. The number of nitrogens with one attached hydrogen (secondary N) is 1. The van der Waals surface area contributed by atoms with E-state index in [1.165, 1.54) is 0 Å². The first-order chi connectivity index (χ1) is 9.64. The van der Waals surface area contributed by atoms with Crippen LogP contribution in [0.2, 0.25) is 0 Å². The second-order valence-corrected chi connectivity index (χ2v) is 5.88. The van der Waals surface area contributed by atoms with E-state index in [9.17, 15) is 14.9 Å². The minimum atomic E-state index is -0.887. The van der Waals surface area contributed by atoms with Gasteiger partial charge in [-0.25, -0.2) is 0 Å². The Morgan fingerprint density at radius 2 is 1.90 bits per heavy atom. The summed E-state index contributed by atoms with van der Waals surface area (Å²) >= 11 is 0. The number of carbonyl (C=O) groups is 2. The number of likely N-dealkylation sites (N-methyl/N-ethyl adjacent to an activating group) is 1. The van der Waals surface area contributed by atoms with E-state index < -0.39 is 11.5 Å². The molecule has 2 aliphatic rings. The molecular formula is C15H23N3O2. The highest BCUT2D eigenvalue weighted by molar-refractivity contribution is 5.91. The number of hydrogen-bond donors (Lipinski definition) is 1. The molecule has 5 heteroatoms. The van der Waals surface area contributed by atoms with Crippen molar-refractivity contribution in [3.63, 3.8) is 0 Å². The van der Waals surface area contributed by atoms with E-state index >= 15 is 0 Å². The molecule has 2 fully saturated rings. The van der Waals surface area contributed by atoms with Crippen molar-refractivity contribution in [1.29, 1.82) is 5.26 Å². The Balaban J connectivity index is 2.20. The summed E-state index contributed by atoms with van der Waals surface area (Å²) in [6.07, 6.45) is 6.80. The van der Waals surface area contributed by atoms with Crippen molar-refractivity contribution in [2.24, 2.45) is 5.41 Å². The van der Waals surface area contributed by atoms with Crippen molar-refractivity contribution in [2.45, 2.75) is 57.4 Å². The lowest BCUT2D eigenvalue weighted by atomic mass is 9.73. The zero-order valence-corrected chi connectivity index (χ0v) is 12.2. The third-order valence-electron chi connectivity index (χ3n) is 4.64. The van der Waals surface area contributed by atoms with E-state index in [4.69, 9.17) is 0 Å². The Morgan fingerprint density at radius 1 is 1.20 bits per heavy atom. The molecule has 0 aromatic rings. The summed E-state index contributed by atoms with van der Waals surface area (Å²) in [5, 5.41) is 12.2. The van der Waals surface area contributed by atoms with Crippen LogP contribution in [0, 0.1) is 16.7 Å². The molecule has 5 nitrogen and oxygen atoms in total. The Hall–Kier alpha value is -1.57. The Morgan fingerprint density at radius 3 is 2.50 bits per heavy atom. The van der Waals surface area contributed by atoms with Crippen LogP contribution in [0.1, 0.15) is 51.4 Å². The number of amides is 2. The van der Waals surface area contributed by atoms with Crippen LogP contribution in [-0.2, 0) is 9.59 Å². The van der Waals surface area contributed by atoms with Gasteiger partial charge in [-0.05, 0) is 32.1 Å². The first kappa shape index (κ1) is 14.8. The maximum absolute atomic E-state index is 12.9. The lowest BCUT2D eigenvalue weighted by Gasteiger charge is -2.40. The number of nitriles is 1. The molecule has 1 aliphatic heterocycles. The van der Waals surface area contributed by atoms with Crippen molar-refractivity contribution in [3.05, 3.63) is 0 Å².